The van der Waals surface area contributed by atoms with Gasteiger partial charge < -0.3 is 0 Å². The van der Waals surface area contributed by atoms with Crippen LogP contribution in [0, 0.1) is 10.8 Å². The highest BCUT2D eigenvalue weighted by Gasteiger charge is 2.68. The van der Waals surface area contributed by atoms with Crippen molar-refractivity contribution < 1.29 is 17.6 Å². The zero-order valence-corrected chi connectivity index (χ0v) is 9.51. The molecule has 0 aliphatic carbocycles. The van der Waals surface area contributed by atoms with Crippen LogP contribution in [0.3, 0.4) is 0 Å². The maximum Gasteiger partial charge on any atom is 0.423 e. The molecular formula is C10H18F4. The van der Waals surface area contributed by atoms with Gasteiger partial charge in [-0.15, -0.1) is 0 Å². The zero-order valence-electron chi connectivity index (χ0n) is 9.51. The summed E-state index contributed by atoms with van der Waals surface area (Å²) in [7, 11) is 0. The Labute approximate surface area is 82.7 Å². The molecule has 0 rings (SSSR count). The highest BCUT2D eigenvalue weighted by Crippen LogP contribution is 2.56. The van der Waals surface area contributed by atoms with Gasteiger partial charge in [0.2, 0.25) is 5.67 Å². The van der Waals surface area contributed by atoms with Gasteiger partial charge in [0, 0.05) is 10.8 Å². The van der Waals surface area contributed by atoms with E-state index in [2.05, 4.69) is 0 Å². The summed E-state index contributed by atoms with van der Waals surface area (Å²) >= 11 is 0. The summed E-state index contributed by atoms with van der Waals surface area (Å²) in [4.78, 5) is 0. The third-order valence-electron chi connectivity index (χ3n) is 2.46. The fourth-order valence-electron chi connectivity index (χ4n) is 1.98. The zero-order chi connectivity index (χ0) is 12.0. The third-order valence-corrected chi connectivity index (χ3v) is 2.46. The van der Waals surface area contributed by atoms with E-state index in [9.17, 15) is 17.6 Å². The topological polar surface area (TPSA) is 0 Å². The fraction of sp³-hybridized carbons (Fsp3) is 1.00. The molecule has 0 aliphatic rings. The van der Waals surface area contributed by atoms with Gasteiger partial charge in [-0.25, -0.2) is 4.39 Å². The standard InChI is InChI=1S/C10H18F4/c1-7(2,3)9(11,8(4,5)6)10(12,13)14/h1-6H3. The largest absolute Gasteiger partial charge is 0.423 e. The van der Waals surface area contributed by atoms with Crippen LogP contribution >= 0.6 is 0 Å². The van der Waals surface area contributed by atoms with Crippen LogP contribution in [0.25, 0.3) is 0 Å². The van der Waals surface area contributed by atoms with Crippen molar-refractivity contribution in [1.82, 2.24) is 0 Å². The predicted molar refractivity (Wildman–Crippen MR) is 48.8 cm³/mol. The van der Waals surface area contributed by atoms with E-state index in [0.717, 1.165) is 0 Å². The molecule has 0 heterocycles. The molecule has 0 fully saturated rings. The molecule has 4 heteroatoms. The van der Waals surface area contributed by atoms with Gasteiger partial charge in [-0.1, -0.05) is 41.5 Å². The minimum atomic E-state index is -4.84. The summed E-state index contributed by atoms with van der Waals surface area (Å²) in [6, 6.07) is 0. The molecule has 0 nitrogen and oxygen atoms in total. The van der Waals surface area contributed by atoms with Gasteiger partial charge in [-0.3, -0.25) is 0 Å². The van der Waals surface area contributed by atoms with Crippen LogP contribution in [0.4, 0.5) is 17.6 Å². The number of hydrogen-bond acceptors (Lipinski definition) is 0. The number of alkyl halides is 4. The molecule has 0 aromatic heterocycles. The van der Waals surface area contributed by atoms with Crippen LogP contribution in [0.5, 0.6) is 0 Å². The van der Waals surface area contributed by atoms with Crippen molar-refractivity contribution in [2.45, 2.75) is 53.4 Å². The molecule has 0 spiro atoms. The van der Waals surface area contributed by atoms with Crippen molar-refractivity contribution in [3.05, 3.63) is 0 Å². The van der Waals surface area contributed by atoms with Crippen LogP contribution in [0.2, 0.25) is 0 Å². The lowest BCUT2D eigenvalue weighted by Crippen LogP contribution is -2.59. The Bertz CT molecular complexity index is 166. The van der Waals surface area contributed by atoms with Crippen LogP contribution in [0.15, 0.2) is 0 Å². The Morgan fingerprint density at radius 2 is 0.786 bits per heavy atom. The van der Waals surface area contributed by atoms with E-state index in [0.29, 0.717) is 0 Å². The highest BCUT2D eigenvalue weighted by atomic mass is 19.4. The van der Waals surface area contributed by atoms with Gasteiger partial charge in [0.25, 0.3) is 0 Å². The van der Waals surface area contributed by atoms with Crippen LogP contribution in [-0.2, 0) is 0 Å². The van der Waals surface area contributed by atoms with Crippen molar-refractivity contribution in [2.24, 2.45) is 10.8 Å². The van der Waals surface area contributed by atoms with E-state index < -0.39 is 22.7 Å². The molecule has 0 unspecified atom stereocenters. The lowest BCUT2D eigenvalue weighted by molar-refractivity contribution is -0.297. The van der Waals surface area contributed by atoms with Gasteiger partial charge in [0.15, 0.2) is 0 Å². The predicted octanol–water partition coefficient (Wildman–Crippen LogP) is 4.35. The molecule has 0 aliphatic heterocycles. The Morgan fingerprint density at radius 1 is 0.571 bits per heavy atom. The second kappa shape index (κ2) is 3.11. The SMILES string of the molecule is CC(C)(C)C(F)(C(C)(C)C)C(F)(F)F. The van der Waals surface area contributed by atoms with Crippen LogP contribution in [-0.4, -0.2) is 11.8 Å². The third kappa shape index (κ3) is 1.89. The molecule has 0 radical (unpaired) electrons. The molecule has 0 atom stereocenters. The average Bonchev–Trinajstić information content (AvgIpc) is 1.77. The summed E-state index contributed by atoms with van der Waals surface area (Å²) in [5.74, 6) is 0. The van der Waals surface area contributed by atoms with E-state index in [4.69, 9.17) is 0 Å². The smallest absolute Gasteiger partial charge is 0.233 e. The van der Waals surface area contributed by atoms with Gasteiger partial charge in [0.05, 0.1) is 0 Å². The lowest BCUT2D eigenvalue weighted by Gasteiger charge is -2.47. The van der Waals surface area contributed by atoms with Crippen LogP contribution < -0.4 is 0 Å². The van der Waals surface area contributed by atoms with Crippen molar-refractivity contribution in [3.8, 4) is 0 Å². The van der Waals surface area contributed by atoms with E-state index in [1.54, 1.807) is 0 Å². The molecule has 0 saturated carbocycles. The van der Waals surface area contributed by atoms with Crippen molar-refractivity contribution in [3.63, 3.8) is 0 Å². The van der Waals surface area contributed by atoms with Crippen molar-refractivity contribution in [2.75, 3.05) is 0 Å². The van der Waals surface area contributed by atoms with E-state index in [-0.39, 0.29) is 0 Å². The minimum Gasteiger partial charge on any atom is -0.233 e. The second-order valence-corrected chi connectivity index (χ2v) is 5.66. The van der Waals surface area contributed by atoms with Gasteiger partial charge in [-0.2, -0.15) is 13.2 Å². The van der Waals surface area contributed by atoms with Gasteiger partial charge in [0.1, 0.15) is 0 Å². The van der Waals surface area contributed by atoms with Gasteiger partial charge in [-0.05, 0) is 0 Å². The summed E-state index contributed by atoms with van der Waals surface area (Å²) in [5.41, 5.74) is -6.12. The van der Waals surface area contributed by atoms with Gasteiger partial charge >= 0.3 is 6.18 Å². The normalized spacial score (nSPS) is 15.9. The maximum atomic E-state index is 14.2. The van der Waals surface area contributed by atoms with Crippen LogP contribution in [0.1, 0.15) is 41.5 Å². The minimum absolute atomic E-state index is 1.27. The monoisotopic (exact) mass is 214 g/mol. The van der Waals surface area contributed by atoms with E-state index in [1.807, 2.05) is 0 Å². The second-order valence-electron chi connectivity index (χ2n) is 5.66. The first-order chi connectivity index (χ1) is 5.75. The summed E-state index contributed by atoms with van der Waals surface area (Å²) in [5, 5.41) is 0. The van der Waals surface area contributed by atoms with Crippen molar-refractivity contribution >= 4 is 0 Å². The molecule has 0 N–H and O–H groups in total. The summed E-state index contributed by atoms with van der Waals surface area (Å²) in [6.07, 6.45) is -4.84. The molecule has 0 amide bonds. The quantitative estimate of drug-likeness (QED) is 0.526. The molecule has 0 saturated heterocycles. The highest BCUT2D eigenvalue weighted by molar-refractivity contribution is 5.05. The lowest BCUT2D eigenvalue weighted by atomic mass is 9.63. The first kappa shape index (κ1) is 13.7. The Balaban J connectivity index is 5.54. The number of halogens is 4. The maximum absolute atomic E-state index is 14.2. The molecule has 0 aromatic rings. The molecule has 0 aromatic carbocycles. The van der Waals surface area contributed by atoms with E-state index in [1.165, 1.54) is 41.5 Å². The van der Waals surface area contributed by atoms with E-state index >= 15 is 0 Å². The van der Waals surface area contributed by atoms with Crippen molar-refractivity contribution in [1.29, 1.82) is 0 Å². The first-order valence-electron chi connectivity index (χ1n) is 4.51. The summed E-state index contributed by atoms with van der Waals surface area (Å²) in [6.45, 7) is 7.62. The fourth-order valence-corrected chi connectivity index (χ4v) is 1.98. The summed E-state index contributed by atoms with van der Waals surface area (Å²) < 4.78 is 52.4. The molecular weight excluding hydrogens is 196 g/mol. The number of rotatable bonds is 0. The molecule has 0 bridgehead atoms. The first-order valence-corrected chi connectivity index (χ1v) is 4.51. The Morgan fingerprint density at radius 3 is 0.786 bits per heavy atom. The number of hydrogen-bond donors (Lipinski definition) is 0. The molecule has 86 valence electrons. The molecule has 14 heavy (non-hydrogen) atoms. The Kier molecular flexibility index (Phi) is 3.04. The Hall–Kier alpha value is -0.280. The average molecular weight is 214 g/mol.